The molecule has 1 unspecified atom stereocenters. The first-order chi connectivity index (χ1) is 6.13. The van der Waals surface area contributed by atoms with Gasteiger partial charge in [-0.3, -0.25) is 0 Å². The lowest BCUT2D eigenvalue weighted by Gasteiger charge is -2.03. The average Bonchev–Trinajstić information content (AvgIpc) is 2.51. The van der Waals surface area contributed by atoms with Crippen LogP contribution in [0.4, 0.5) is 0 Å². The lowest BCUT2D eigenvalue weighted by atomic mass is 10.4. The van der Waals surface area contributed by atoms with Crippen LogP contribution in [0.25, 0.3) is 0 Å². The highest BCUT2D eigenvalue weighted by molar-refractivity contribution is 7.08. The third-order valence-electron chi connectivity index (χ3n) is 1.35. The van der Waals surface area contributed by atoms with E-state index in [9.17, 15) is 4.79 Å². The number of carbonyl (C=O) groups excluding carboxylic acids is 1. The quantitative estimate of drug-likeness (QED) is 0.532. The number of hydrogen-bond donors (Lipinski definition) is 0. The minimum absolute atomic E-state index is 0.406. The molecule has 68 valence electrons. The van der Waals surface area contributed by atoms with Crippen LogP contribution in [0, 0.1) is 19.3 Å². The van der Waals surface area contributed by atoms with Crippen molar-refractivity contribution in [2.75, 3.05) is 0 Å². The molecule has 4 heteroatoms. The molecule has 0 fully saturated rings. The molecule has 1 heterocycles. The van der Waals surface area contributed by atoms with Crippen molar-refractivity contribution in [3.05, 3.63) is 16.6 Å². The van der Waals surface area contributed by atoms with Gasteiger partial charge in [0.1, 0.15) is 4.88 Å². The van der Waals surface area contributed by atoms with E-state index in [1.165, 1.54) is 0 Å². The van der Waals surface area contributed by atoms with Crippen molar-refractivity contribution in [1.29, 1.82) is 0 Å². The van der Waals surface area contributed by atoms with Gasteiger partial charge in [-0.1, -0.05) is 5.92 Å². The summed E-state index contributed by atoms with van der Waals surface area (Å²) in [6.07, 6.45) is 4.57. The largest absolute Gasteiger partial charge is 0.445 e. The van der Waals surface area contributed by atoms with Gasteiger partial charge in [-0.05, 0) is 31.4 Å². The van der Waals surface area contributed by atoms with Gasteiger partial charge in [-0.25, -0.2) is 4.79 Å². The molecule has 0 aliphatic rings. The van der Waals surface area contributed by atoms with E-state index in [0.717, 1.165) is 17.2 Å². The second-order valence-electron chi connectivity index (χ2n) is 2.55. The average molecular weight is 195 g/mol. The molecule has 0 saturated heterocycles. The van der Waals surface area contributed by atoms with Crippen LogP contribution in [0.3, 0.4) is 0 Å². The fraction of sp³-hybridized carbons (Fsp3) is 0.333. The van der Waals surface area contributed by atoms with Crippen LogP contribution in [0.1, 0.15) is 22.3 Å². The minimum Gasteiger partial charge on any atom is -0.445 e. The number of aryl methyl sites for hydroxylation is 1. The molecule has 0 bridgehead atoms. The Morgan fingerprint density at radius 2 is 2.54 bits per heavy atom. The van der Waals surface area contributed by atoms with Gasteiger partial charge in [0.25, 0.3) is 0 Å². The smallest absolute Gasteiger partial charge is 0.351 e. The van der Waals surface area contributed by atoms with Crippen LogP contribution in [0.2, 0.25) is 0 Å². The van der Waals surface area contributed by atoms with Crippen LogP contribution in [0.5, 0.6) is 0 Å². The highest BCUT2D eigenvalue weighted by atomic mass is 32.1. The zero-order valence-corrected chi connectivity index (χ0v) is 8.22. The third-order valence-corrected chi connectivity index (χ3v) is 2.21. The first-order valence-corrected chi connectivity index (χ1v) is 4.51. The fourth-order valence-corrected chi connectivity index (χ4v) is 1.35. The van der Waals surface area contributed by atoms with Crippen LogP contribution in [0.15, 0.2) is 6.07 Å². The summed E-state index contributed by atoms with van der Waals surface area (Å²) in [4.78, 5) is 11.8. The first-order valence-electron chi connectivity index (χ1n) is 3.74. The van der Waals surface area contributed by atoms with Crippen LogP contribution in [-0.4, -0.2) is 16.4 Å². The Morgan fingerprint density at radius 3 is 3.00 bits per heavy atom. The molecule has 3 nitrogen and oxygen atoms in total. The third kappa shape index (κ3) is 2.56. The molecule has 13 heavy (non-hydrogen) atoms. The van der Waals surface area contributed by atoms with Crippen LogP contribution >= 0.6 is 11.5 Å². The molecule has 0 N–H and O–H groups in total. The monoisotopic (exact) mass is 195 g/mol. The summed E-state index contributed by atoms with van der Waals surface area (Å²) in [5.74, 6) is 1.91. The summed E-state index contributed by atoms with van der Waals surface area (Å²) in [7, 11) is 0. The highest BCUT2D eigenvalue weighted by Crippen LogP contribution is 2.11. The molecule has 0 radical (unpaired) electrons. The number of hydrogen-bond acceptors (Lipinski definition) is 4. The molecule has 1 atom stereocenters. The summed E-state index contributed by atoms with van der Waals surface area (Å²) in [6.45, 7) is 3.46. The van der Waals surface area contributed by atoms with Gasteiger partial charge in [0.05, 0.1) is 5.69 Å². The van der Waals surface area contributed by atoms with Crippen LogP contribution < -0.4 is 0 Å². The Bertz CT molecular complexity index is 351. The Balaban J connectivity index is 2.65. The summed E-state index contributed by atoms with van der Waals surface area (Å²) >= 11 is 1.12. The van der Waals surface area contributed by atoms with Crippen LogP contribution in [-0.2, 0) is 4.74 Å². The second-order valence-corrected chi connectivity index (χ2v) is 3.35. The van der Waals surface area contributed by atoms with Gasteiger partial charge in [0.15, 0.2) is 6.10 Å². The minimum atomic E-state index is -0.491. The van der Waals surface area contributed by atoms with Crippen molar-refractivity contribution in [2.45, 2.75) is 20.0 Å². The zero-order chi connectivity index (χ0) is 9.84. The van der Waals surface area contributed by atoms with Gasteiger partial charge in [0, 0.05) is 0 Å². The molecule has 1 aromatic heterocycles. The normalized spacial score (nSPS) is 11.8. The molecular formula is C9H9NO2S. The maximum atomic E-state index is 11.3. The maximum absolute atomic E-state index is 11.3. The zero-order valence-electron chi connectivity index (χ0n) is 7.40. The number of nitrogens with zero attached hydrogens (tertiary/aromatic N) is 1. The van der Waals surface area contributed by atoms with Gasteiger partial charge in [0.2, 0.25) is 0 Å². The Morgan fingerprint density at radius 1 is 1.85 bits per heavy atom. The number of carbonyl (C=O) groups is 1. The summed E-state index contributed by atoms with van der Waals surface area (Å²) in [5, 5.41) is 0. The van der Waals surface area contributed by atoms with Crippen molar-refractivity contribution >= 4 is 17.5 Å². The molecule has 0 spiro atoms. The molecule has 0 amide bonds. The van der Waals surface area contributed by atoms with E-state index in [0.29, 0.717) is 4.88 Å². The fourth-order valence-electron chi connectivity index (χ4n) is 0.712. The van der Waals surface area contributed by atoms with Crippen molar-refractivity contribution < 1.29 is 9.53 Å². The van der Waals surface area contributed by atoms with Crippen molar-refractivity contribution in [2.24, 2.45) is 0 Å². The van der Waals surface area contributed by atoms with Crippen molar-refractivity contribution in [1.82, 2.24) is 4.37 Å². The molecule has 1 rings (SSSR count). The topological polar surface area (TPSA) is 39.2 Å². The molecular weight excluding hydrogens is 186 g/mol. The van der Waals surface area contributed by atoms with E-state index >= 15 is 0 Å². The lowest BCUT2D eigenvalue weighted by molar-refractivity contribution is 0.0444. The van der Waals surface area contributed by atoms with Gasteiger partial charge in [-0.2, -0.15) is 4.37 Å². The summed E-state index contributed by atoms with van der Waals surface area (Å²) in [5.41, 5.74) is 0.810. The van der Waals surface area contributed by atoms with Gasteiger partial charge < -0.3 is 4.74 Å². The second kappa shape index (κ2) is 4.06. The highest BCUT2D eigenvalue weighted by Gasteiger charge is 2.12. The predicted octanol–water partition coefficient (Wildman–Crippen LogP) is 1.63. The van der Waals surface area contributed by atoms with Gasteiger partial charge in [-0.15, -0.1) is 6.42 Å². The summed E-state index contributed by atoms with van der Waals surface area (Å²) < 4.78 is 8.85. The SMILES string of the molecule is C#CC(C)OC(=O)c1cc(C)ns1. The Kier molecular flexibility index (Phi) is 3.04. The number of aromatic nitrogens is 1. The molecule has 0 aliphatic carbocycles. The summed E-state index contributed by atoms with van der Waals surface area (Å²) in [6, 6.07) is 1.68. The van der Waals surface area contributed by atoms with E-state index in [-0.39, 0.29) is 0 Å². The number of terminal acetylenes is 1. The number of ether oxygens (including phenoxy) is 1. The van der Waals surface area contributed by atoms with Crippen molar-refractivity contribution in [3.63, 3.8) is 0 Å². The van der Waals surface area contributed by atoms with E-state index in [2.05, 4.69) is 10.3 Å². The maximum Gasteiger partial charge on any atom is 0.351 e. The Hall–Kier alpha value is -1.34. The number of rotatable bonds is 2. The van der Waals surface area contributed by atoms with E-state index in [4.69, 9.17) is 11.2 Å². The predicted molar refractivity (Wildman–Crippen MR) is 50.6 cm³/mol. The molecule has 1 aromatic rings. The lowest BCUT2D eigenvalue weighted by Crippen LogP contribution is -2.11. The first kappa shape index (κ1) is 9.75. The molecule has 0 aromatic carbocycles. The van der Waals surface area contributed by atoms with Gasteiger partial charge >= 0.3 is 5.97 Å². The van der Waals surface area contributed by atoms with E-state index in [1.54, 1.807) is 13.0 Å². The van der Waals surface area contributed by atoms with E-state index < -0.39 is 12.1 Å². The molecule has 0 saturated carbocycles. The Labute approximate surface area is 80.9 Å². The van der Waals surface area contributed by atoms with E-state index in [1.807, 2.05) is 6.92 Å². The number of esters is 1. The van der Waals surface area contributed by atoms with Crippen molar-refractivity contribution in [3.8, 4) is 12.3 Å². The molecule has 0 aliphatic heterocycles. The standard InChI is InChI=1S/C9H9NO2S/c1-4-7(3)12-9(11)8-5-6(2)10-13-8/h1,5,7H,2-3H3.